The van der Waals surface area contributed by atoms with Crippen molar-refractivity contribution in [2.45, 2.75) is 112 Å². The molecule has 0 nitrogen and oxygen atoms in total. The SMILES string of the molecule is CCCCc1c(CCCC)c(-c2ccc(C)cc2)[c-](CCCC)c1CCCC.[Cl-].[Cl-].[Hf+4].c1cc[cH-]c1. The molecule has 36 heavy (non-hydrogen) atoms. The number of halogens is 2. The van der Waals surface area contributed by atoms with Crippen molar-refractivity contribution < 1.29 is 50.7 Å². The molecule has 3 heteroatoms. The molecule has 0 radical (unpaired) electrons. The fraction of sp³-hybridized carbons (Fsp3) is 0.515. The summed E-state index contributed by atoms with van der Waals surface area (Å²) in [6, 6.07) is 19.4. The van der Waals surface area contributed by atoms with Gasteiger partial charge in [-0.25, -0.2) is 12.1 Å². The molecule has 3 rings (SSSR count). The second kappa shape index (κ2) is 22.4. The quantitative estimate of drug-likeness (QED) is 0.187. The van der Waals surface area contributed by atoms with E-state index in [1.807, 2.05) is 30.3 Å². The monoisotopic (exact) mass is 694 g/mol. The van der Waals surface area contributed by atoms with Gasteiger partial charge in [-0.05, 0) is 13.3 Å². The standard InChI is InChI=1S/C28H43.C5H5.2ClH.Hf/c1-6-10-14-24-25(15-11-7-2)27(17-13-9-4)28(26(24)16-12-8-3)23-20-18-22(5)19-21-23;1-2-4-5-3-1;;;/h18-21H,6-17H2,1-5H3;1-5H;2*1H;/q2*-1;;;+4/p-2. The maximum Gasteiger partial charge on any atom is 4.00 e. The average molecular weight is 694 g/mol. The average Bonchev–Trinajstić information content (AvgIpc) is 3.50. The van der Waals surface area contributed by atoms with Crippen LogP contribution in [0.3, 0.4) is 0 Å². The van der Waals surface area contributed by atoms with Gasteiger partial charge in [0.05, 0.1) is 0 Å². The minimum Gasteiger partial charge on any atom is -1.00 e. The molecule has 0 saturated carbocycles. The van der Waals surface area contributed by atoms with E-state index in [9.17, 15) is 0 Å². The van der Waals surface area contributed by atoms with Crippen LogP contribution >= 0.6 is 0 Å². The van der Waals surface area contributed by atoms with Gasteiger partial charge >= 0.3 is 25.8 Å². The van der Waals surface area contributed by atoms with Crippen LogP contribution in [0.15, 0.2) is 54.6 Å². The van der Waals surface area contributed by atoms with Crippen molar-refractivity contribution in [3.05, 3.63) is 82.4 Å². The second-order valence-corrected chi connectivity index (χ2v) is 9.53. The Morgan fingerprint density at radius 1 is 0.667 bits per heavy atom. The van der Waals surface area contributed by atoms with E-state index in [0.717, 1.165) is 0 Å². The van der Waals surface area contributed by atoms with Gasteiger partial charge in [0.25, 0.3) is 0 Å². The molecule has 0 unspecified atom stereocenters. The Balaban J connectivity index is 0. The first kappa shape index (κ1) is 37.5. The van der Waals surface area contributed by atoms with E-state index >= 15 is 0 Å². The predicted molar refractivity (Wildman–Crippen MR) is 149 cm³/mol. The summed E-state index contributed by atoms with van der Waals surface area (Å²) in [5, 5.41) is 0. The number of unbranched alkanes of at least 4 members (excludes halogenated alkanes) is 4. The predicted octanol–water partition coefficient (Wildman–Crippen LogP) is 4.16. The molecular formula is C33H48Cl2Hf. The summed E-state index contributed by atoms with van der Waals surface area (Å²) in [5.74, 6) is 0. The third-order valence-electron chi connectivity index (χ3n) is 6.71. The van der Waals surface area contributed by atoms with Crippen LogP contribution in [-0.4, -0.2) is 0 Å². The smallest absolute Gasteiger partial charge is 1.00 e. The second-order valence-electron chi connectivity index (χ2n) is 9.53. The topological polar surface area (TPSA) is 0 Å². The van der Waals surface area contributed by atoms with Crippen molar-refractivity contribution in [2.24, 2.45) is 0 Å². The Labute approximate surface area is 254 Å². The van der Waals surface area contributed by atoms with Crippen LogP contribution in [0.25, 0.3) is 11.1 Å². The molecule has 0 atom stereocenters. The third kappa shape index (κ3) is 11.8. The van der Waals surface area contributed by atoms with Gasteiger partial charge in [-0.1, -0.05) is 134 Å². The summed E-state index contributed by atoms with van der Waals surface area (Å²) in [4.78, 5) is 0. The number of benzene rings is 1. The van der Waals surface area contributed by atoms with E-state index < -0.39 is 0 Å². The molecule has 0 bridgehead atoms. The Kier molecular flexibility index (Phi) is 23.3. The summed E-state index contributed by atoms with van der Waals surface area (Å²) in [6.45, 7) is 11.5. The molecule has 0 saturated heterocycles. The molecule has 0 amide bonds. The first-order valence-corrected chi connectivity index (χ1v) is 13.7. The molecule has 0 aliphatic rings. The molecule has 0 spiro atoms. The molecule has 198 valence electrons. The summed E-state index contributed by atoms with van der Waals surface area (Å²) >= 11 is 0. The maximum atomic E-state index is 2.38. The van der Waals surface area contributed by atoms with Crippen LogP contribution in [0, 0.1) is 6.92 Å². The number of hydrogen-bond donors (Lipinski definition) is 0. The summed E-state index contributed by atoms with van der Waals surface area (Å²) in [7, 11) is 0. The zero-order valence-electron chi connectivity index (χ0n) is 23.4. The van der Waals surface area contributed by atoms with Crippen molar-refractivity contribution in [3.63, 3.8) is 0 Å². The van der Waals surface area contributed by atoms with Crippen molar-refractivity contribution in [3.8, 4) is 11.1 Å². The van der Waals surface area contributed by atoms with Gasteiger partial charge in [0.1, 0.15) is 0 Å². The first-order chi connectivity index (χ1) is 16.2. The zero-order valence-corrected chi connectivity index (χ0v) is 28.5. The molecular weight excluding hydrogens is 646 g/mol. The van der Waals surface area contributed by atoms with Gasteiger partial charge < -0.3 is 24.8 Å². The fourth-order valence-electron chi connectivity index (χ4n) is 4.81. The minimum absolute atomic E-state index is 0. The molecule has 0 fully saturated rings. The van der Waals surface area contributed by atoms with Crippen LogP contribution in [-0.2, 0) is 51.5 Å². The van der Waals surface area contributed by atoms with E-state index in [0.29, 0.717) is 0 Å². The Morgan fingerprint density at radius 3 is 1.64 bits per heavy atom. The number of rotatable bonds is 13. The van der Waals surface area contributed by atoms with Gasteiger partial charge in [-0.15, -0.1) is 16.7 Å². The van der Waals surface area contributed by atoms with Crippen molar-refractivity contribution in [1.82, 2.24) is 0 Å². The largest absolute Gasteiger partial charge is 4.00 e. The van der Waals surface area contributed by atoms with E-state index in [2.05, 4.69) is 58.9 Å². The molecule has 0 heterocycles. The van der Waals surface area contributed by atoms with Gasteiger partial charge in [0.2, 0.25) is 0 Å². The molecule has 3 aromatic carbocycles. The number of aryl methyl sites for hydroxylation is 1. The number of hydrogen-bond acceptors (Lipinski definition) is 0. The van der Waals surface area contributed by atoms with Gasteiger partial charge in [0, 0.05) is 0 Å². The summed E-state index contributed by atoms with van der Waals surface area (Å²) < 4.78 is 0. The van der Waals surface area contributed by atoms with Gasteiger partial charge in [-0.2, -0.15) is 29.3 Å². The summed E-state index contributed by atoms with van der Waals surface area (Å²) in [5.41, 5.74) is 11.3. The maximum absolute atomic E-state index is 2.38. The molecule has 0 aromatic heterocycles. The Bertz CT molecular complexity index is 821. The first-order valence-electron chi connectivity index (χ1n) is 13.7. The zero-order chi connectivity index (χ0) is 23.9. The normalized spacial score (nSPS) is 9.92. The third-order valence-corrected chi connectivity index (χ3v) is 6.71. The van der Waals surface area contributed by atoms with Crippen LogP contribution in [0.5, 0.6) is 0 Å². The van der Waals surface area contributed by atoms with Crippen molar-refractivity contribution in [1.29, 1.82) is 0 Å². The van der Waals surface area contributed by atoms with E-state index in [-0.39, 0.29) is 50.7 Å². The summed E-state index contributed by atoms with van der Waals surface area (Å²) in [6.07, 6.45) is 15.5. The Morgan fingerprint density at radius 2 is 1.17 bits per heavy atom. The molecule has 0 N–H and O–H groups in total. The molecule has 0 aliphatic carbocycles. The fourth-order valence-corrected chi connectivity index (χ4v) is 4.81. The van der Waals surface area contributed by atoms with E-state index in [1.165, 1.54) is 88.2 Å². The van der Waals surface area contributed by atoms with Crippen molar-refractivity contribution in [2.75, 3.05) is 0 Å². The molecule has 0 aliphatic heterocycles. The van der Waals surface area contributed by atoms with E-state index in [1.54, 1.807) is 27.8 Å². The minimum atomic E-state index is 0. The van der Waals surface area contributed by atoms with Gasteiger partial charge in [-0.3, -0.25) is 0 Å². The van der Waals surface area contributed by atoms with Crippen LogP contribution in [0.4, 0.5) is 0 Å². The van der Waals surface area contributed by atoms with E-state index in [4.69, 9.17) is 0 Å². The van der Waals surface area contributed by atoms with Crippen LogP contribution in [0.2, 0.25) is 0 Å². The molecule has 3 aromatic rings. The van der Waals surface area contributed by atoms with Crippen molar-refractivity contribution >= 4 is 0 Å². The van der Waals surface area contributed by atoms with Gasteiger partial charge in [0.15, 0.2) is 0 Å². The van der Waals surface area contributed by atoms with Crippen LogP contribution in [0.1, 0.15) is 107 Å². The van der Waals surface area contributed by atoms with Crippen LogP contribution < -0.4 is 24.8 Å². The Hall–Kier alpha value is -0.630.